The summed E-state index contributed by atoms with van der Waals surface area (Å²) >= 11 is 3.58. The van der Waals surface area contributed by atoms with Gasteiger partial charge < -0.3 is 19.5 Å². The van der Waals surface area contributed by atoms with Crippen molar-refractivity contribution >= 4 is 33.6 Å². The van der Waals surface area contributed by atoms with E-state index < -0.39 is 5.91 Å². The number of carbonyl (C=O) groups is 1. The normalized spacial score (nSPS) is 11.0. The topological polar surface area (TPSA) is 80.6 Å². The predicted molar refractivity (Wildman–Crippen MR) is 165 cm³/mol. The standard InChI is InChI=1S/C34H31BrN2O4/c1-4-39-32-19-26(18-31(35)33(32)41-22-27-15-23(2)14-24(3)16-27)17-28(20-36)34(38)37-29-10-12-30(13-11-29)40-21-25-8-6-5-7-9-25/h5-19H,4,21-22H2,1-3H3,(H,37,38)/b28-17+. The van der Waals surface area contributed by atoms with E-state index in [0.29, 0.717) is 52.8 Å². The Hall–Kier alpha value is -4.54. The highest BCUT2D eigenvalue weighted by Gasteiger charge is 2.15. The first-order valence-corrected chi connectivity index (χ1v) is 14.0. The lowest BCUT2D eigenvalue weighted by atomic mass is 10.1. The minimum Gasteiger partial charge on any atom is -0.490 e. The van der Waals surface area contributed by atoms with Crippen LogP contribution in [0.4, 0.5) is 5.69 Å². The van der Waals surface area contributed by atoms with Gasteiger partial charge in [-0.25, -0.2) is 0 Å². The molecule has 4 rings (SSSR count). The summed E-state index contributed by atoms with van der Waals surface area (Å²) in [6.45, 7) is 7.24. The van der Waals surface area contributed by atoms with E-state index in [1.807, 2.05) is 43.3 Å². The van der Waals surface area contributed by atoms with Gasteiger partial charge >= 0.3 is 0 Å². The molecule has 0 bridgehead atoms. The SMILES string of the molecule is CCOc1cc(/C=C(\C#N)C(=O)Nc2ccc(OCc3ccccc3)cc2)cc(Br)c1OCc1cc(C)cc(C)c1. The molecule has 0 radical (unpaired) electrons. The third-order valence-electron chi connectivity index (χ3n) is 6.03. The van der Waals surface area contributed by atoms with E-state index in [9.17, 15) is 10.1 Å². The summed E-state index contributed by atoms with van der Waals surface area (Å²) in [6.07, 6.45) is 1.52. The van der Waals surface area contributed by atoms with Crippen LogP contribution in [-0.4, -0.2) is 12.5 Å². The average Bonchev–Trinajstić information content (AvgIpc) is 2.95. The molecule has 6 nitrogen and oxygen atoms in total. The summed E-state index contributed by atoms with van der Waals surface area (Å²) in [5.74, 6) is 1.23. The van der Waals surface area contributed by atoms with Crippen molar-refractivity contribution in [3.63, 3.8) is 0 Å². The van der Waals surface area contributed by atoms with Gasteiger partial charge in [0.2, 0.25) is 0 Å². The van der Waals surface area contributed by atoms with Crippen LogP contribution < -0.4 is 19.5 Å². The van der Waals surface area contributed by atoms with Crippen LogP contribution in [0.5, 0.6) is 17.2 Å². The van der Waals surface area contributed by atoms with E-state index in [-0.39, 0.29) is 5.57 Å². The number of hydrogen-bond donors (Lipinski definition) is 1. The number of halogens is 1. The van der Waals surface area contributed by atoms with Crippen LogP contribution in [0.15, 0.2) is 95.0 Å². The molecule has 0 spiro atoms. The molecule has 0 aliphatic heterocycles. The fourth-order valence-corrected chi connectivity index (χ4v) is 4.85. The van der Waals surface area contributed by atoms with Crippen LogP contribution in [0.3, 0.4) is 0 Å². The van der Waals surface area contributed by atoms with E-state index in [0.717, 1.165) is 11.1 Å². The average molecular weight is 612 g/mol. The Labute approximate surface area is 249 Å². The molecule has 208 valence electrons. The van der Waals surface area contributed by atoms with Crippen LogP contribution >= 0.6 is 15.9 Å². The van der Waals surface area contributed by atoms with Crippen molar-refractivity contribution in [2.45, 2.75) is 34.0 Å². The van der Waals surface area contributed by atoms with Gasteiger partial charge in [0, 0.05) is 5.69 Å². The van der Waals surface area contributed by atoms with E-state index >= 15 is 0 Å². The molecule has 0 unspecified atom stereocenters. The number of amides is 1. The van der Waals surface area contributed by atoms with Gasteiger partial charge in [0.05, 0.1) is 11.1 Å². The predicted octanol–water partition coefficient (Wildman–Crippen LogP) is 8.17. The smallest absolute Gasteiger partial charge is 0.266 e. The molecule has 0 aliphatic rings. The minimum atomic E-state index is -0.519. The summed E-state index contributed by atoms with van der Waals surface area (Å²) in [7, 11) is 0. The fourth-order valence-electron chi connectivity index (χ4n) is 4.27. The lowest BCUT2D eigenvalue weighted by Crippen LogP contribution is -2.13. The Bertz CT molecular complexity index is 1560. The van der Waals surface area contributed by atoms with Crippen molar-refractivity contribution in [3.8, 4) is 23.3 Å². The maximum Gasteiger partial charge on any atom is 0.266 e. The first-order valence-electron chi connectivity index (χ1n) is 13.2. The van der Waals surface area contributed by atoms with Gasteiger partial charge in [0.25, 0.3) is 5.91 Å². The Morgan fingerprint density at radius 2 is 1.56 bits per heavy atom. The number of rotatable bonds is 11. The zero-order chi connectivity index (χ0) is 29.2. The van der Waals surface area contributed by atoms with Gasteiger partial charge in [-0.3, -0.25) is 4.79 Å². The molecule has 0 saturated carbocycles. The first kappa shape index (κ1) is 29.4. The zero-order valence-electron chi connectivity index (χ0n) is 23.2. The van der Waals surface area contributed by atoms with Crippen LogP contribution in [0.2, 0.25) is 0 Å². The summed E-state index contributed by atoms with van der Waals surface area (Å²) in [5, 5.41) is 12.5. The highest BCUT2D eigenvalue weighted by Crippen LogP contribution is 2.38. The molecule has 0 fully saturated rings. The number of nitrogens with zero attached hydrogens (tertiary/aromatic N) is 1. The van der Waals surface area contributed by atoms with Crippen LogP contribution in [-0.2, 0) is 18.0 Å². The first-order chi connectivity index (χ1) is 19.8. The number of nitrogens with one attached hydrogen (secondary N) is 1. The minimum absolute atomic E-state index is 0.0485. The fraction of sp³-hybridized carbons (Fsp3) is 0.176. The largest absolute Gasteiger partial charge is 0.490 e. The lowest BCUT2D eigenvalue weighted by molar-refractivity contribution is -0.112. The number of nitriles is 1. The van der Waals surface area contributed by atoms with Crippen LogP contribution in [0.1, 0.15) is 34.7 Å². The van der Waals surface area contributed by atoms with Gasteiger partial charge in [-0.15, -0.1) is 0 Å². The number of hydrogen-bond acceptors (Lipinski definition) is 5. The van der Waals surface area contributed by atoms with Crippen LogP contribution in [0.25, 0.3) is 6.08 Å². The summed E-state index contributed by atoms with van der Waals surface area (Å²) in [4.78, 5) is 12.9. The van der Waals surface area contributed by atoms with Crippen LogP contribution in [0, 0.1) is 25.2 Å². The lowest BCUT2D eigenvalue weighted by Gasteiger charge is -2.15. The molecule has 0 atom stereocenters. The molecule has 1 N–H and O–H groups in total. The highest BCUT2D eigenvalue weighted by atomic mass is 79.9. The molecular weight excluding hydrogens is 580 g/mol. The molecule has 4 aromatic rings. The molecule has 0 heterocycles. The van der Waals surface area contributed by atoms with Gasteiger partial charge in [0.15, 0.2) is 11.5 Å². The molecule has 0 aromatic heterocycles. The van der Waals surface area contributed by atoms with Crippen molar-refractivity contribution in [2.24, 2.45) is 0 Å². The van der Waals surface area contributed by atoms with Gasteiger partial charge in [-0.1, -0.05) is 59.7 Å². The third-order valence-corrected chi connectivity index (χ3v) is 6.62. The molecule has 7 heteroatoms. The maximum absolute atomic E-state index is 12.9. The van der Waals surface area contributed by atoms with E-state index in [1.54, 1.807) is 36.4 Å². The molecule has 0 aliphatic carbocycles. The van der Waals surface area contributed by atoms with Gasteiger partial charge in [-0.2, -0.15) is 5.26 Å². The highest BCUT2D eigenvalue weighted by molar-refractivity contribution is 9.10. The van der Waals surface area contributed by atoms with Crippen molar-refractivity contribution in [1.29, 1.82) is 5.26 Å². The summed E-state index contributed by atoms with van der Waals surface area (Å²) in [5.41, 5.74) is 5.58. The van der Waals surface area contributed by atoms with E-state index in [4.69, 9.17) is 14.2 Å². The second kappa shape index (κ2) is 14.2. The Kier molecular flexibility index (Phi) is 10.2. The molecule has 1 amide bonds. The second-order valence-corrected chi connectivity index (χ2v) is 10.3. The maximum atomic E-state index is 12.9. The quantitative estimate of drug-likeness (QED) is 0.137. The number of benzene rings is 4. The number of ether oxygens (including phenoxy) is 3. The number of aryl methyl sites for hydroxylation is 2. The molecule has 0 saturated heterocycles. The Morgan fingerprint density at radius 3 is 2.22 bits per heavy atom. The summed E-state index contributed by atoms with van der Waals surface area (Å²) in [6, 6.07) is 28.7. The van der Waals surface area contributed by atoms with Crippen molar-refractivity contribution in [1.82, 2.24) is 0 Å². The molecular formula is C34H31BrN2O4. The monoisotopic (exact) mass is 610 g/mol. The Morgan fingerprint density at radius 1 is 0.878 bits per heavy atom. The van der Waals surface area contributed by atoms with E-state index in [2.05, 4.69) is 53.3 Å². The van der Waals surface area contributed by atoms with Gasteiger partial charge in [-0.05, 0) is 95.9 Å². The number of carbonyl (C=O) groups excluding carboxylic acids is 1. The molecule has 4 aromatic carbocycles. The summed E-state index contributed by atoms with van der Waals surface area (Å²) < 4.78 is 18.4. The second-order valence-electron chi connectivity index (χ2n) is 9.47. The van der Waals surface area contributed by atoms with Crippen molar-refractivity contribution in [3.05, 3.63) is 123 Å². The van der Waals surface area contributed by atoms with E-state index in [1.165, 1.54) is 17.2 Å². The Balaban J connectivity index is 1.45. The third kappa shape index (κ3) is 8.47. The molecule has 41 heavy (non-hydrogen) atoms. The number of anilines is 1. The van der Waals surface area contributed by atoms with Gasteiger partial charge in [0.1, 0.15) is 30.6 Å². The van der Waals surface area contributed by atoms with Crippen molar-refractivity contribution in [2.75, 3.05) is 11.9 Å². The zero-order valence-corrected chi connectivity index (χ0v) is 24.8. The van der Waals surface area contributed by atoms with Crippen molar-refractivity contribution < 1.29 is 19.0 Å².